The Balaban J connectivity index is 3.01. The van der Waals surface area contributed by atoms with Crippen LogP contribution in [0.1, 0.15) is 12.8 Å². The predicted octanol–water partition coefficient (Wildman–Crippen LogP) is 0.126. The summed E-state index contributed by atoms with van der Waals surface area (Å²) in [5.41, 5.74) is 5.31. The van der Waals surface area contributed by atoms with Crippen molar-refractivity contribution >= 4 is 6.09 Å². The third-order valence-corrected chi connectivity index (χ3v) is 3.86. The Hall–Kier alpha value is -1.09. The molecule has 198 valence electrons. The van der Waals surface area contributed by atoms with Gasteiger partial charge in [0.1, 0.15) is 0 Å². The fraction of sp³-hybridized carbons (Fsp3) is 0.952. The van der Waals surface area contributed by atoms with Gasteiger partial charge in [-0.1, -0.05) is 0 Å². The molecule has 0 saturated heterocycles. The molecule has 0 aliphatic carbocycles. The molecule has 4 N–H and O–H groups in total. The Kier molecular flexibility index (Phi) is 28.0. The summed E-state index contributed by atoms with van der Waals surface area (Å²) in [6.45, 7) is 9.36. The average molecular weight is 485 g/mol. The Morgan fingerprint density at radius 2 is 0.818 bits per heavy atom. The Morgan fingerprint density at radius 1 is 0.515 bits per heavy atom. The van der Waals surface area contributed by atoms with Crippen LogP contribution in [0.3, 0.4) is 0 Å². The molecule has 0 aliphatic rings. The van der Waals surface area contributed by atoms with Gasteiger partial charge in [0.15, 0.2) is 0 Å². The molecule has 0 fully saturated rings. The quantitative estimate of drug-likeness (QED) is 0.130. The zero-order chi connectivity index (χ0) is 24.1. The first kappa shape index (κ1) is 31.9. The molecule has 1 amide bonds. The summed E-state index contributed by atoms with van der Waals surface area (Å²) in [5, 5.41) is 10.7. The molecule has 33 heavy (non-hydrogen) atoms. The molecule has 12 heteroatoms. The first-order valence-corrected chi connectivity index (χ1v) is 11.6. The van der Waals surface area contributed by atoms with Crippen LogP contribution in [-0.2, 0) is 37.9 Å². The predicted molar refractivity (Wildman–Crippen MR) is 121 cm³/mol. The van der Waals surface area contributed by atoms with E-state index < -0.39 is 6.09 Å². The molecule has 0 rings (SSSR count). The van der Waals surface area contributed by atoms with Gasteiger partial charge >= 0.3 is 6.09 Å². The SMILES string of the molecule is NCCOCCOCCOCCOCCOCCOCCOCCOCCCCNC(=O)O. The average Bonchev–Trinajstić information content (AvgIpc) is 2.80. The Bertz CT molecular complexity index is 394. The van der Waals surface area contributed by atoms with E-state index in [4.69, 9.17) is 48.7 Å². The van der Waals surface area contributed by atoms with E-state index in [0.717, 1.165) is 12.8 Å². The Morgan fingerprint density at radius 3 is 1.12 bits per heavy atom. The number of amides is 1. The lowest BCUT2D eigenvalue weighted by Gasteiger charge is -2.08. The molecular weight excluding hydrogens is 440 g/mol. The zero-order valence-corrected chi connectivity index (χ0v) is 19.8. The van der Waals surface area contributed by atoms with Crippen LogP contribution in [0.4, 0.5) is 4.79 Å². The van der Waals surface area contributed by atoms with E-state index >= 15 is 0 Å². The van der Waals surface area contributed by atoms with E-state index in [1.165, 1.54) is 0 Å². The first-order chi connectivity index (χ1) is 16.3. The molecule has 0 unspecified atom stereocenters. The van der Waals surface area contributed by atoms with E-state index in [0.29, 0.717) is 119 Å². The van der Waals surface area contributed by atoms with Crippen LogP contribution in [0.2, 0.25) is 0 Å². The molecule has 0 spiro atoms. The maximum absolute atomic E-state index is 10.3. The Labute approximate surface area is 197 Å². The van der Waals surface area contributed by atoms with Gasteiger partial charge in [-0.05, 0) is 12.8 Å². The second-order valence-corrected chi connectivity index (χ2v) is 6.63. The van der Waals surface area contributed by atoms with Crippen LogP contribution >= 0.6 is 0 Å². The third kappa shape index (κ3) is 30.9. The summed E-state index contributed by atoms with van der Waals surface area (Å²) >= 11 is 0. The number of ether oxygens (including phenoxy) is 8. The molecular formula is C21H44N2O10. The van der Waals surface area contributed by atoms with Crippen molar-refractivity contribution in [3.63, 3.8) is 0 Å². The molecule has 0 aromatic heterocycles. The largest absolute Gasteiger partial charge is 0.465 e. The fourth-order valence-electron chi connectivity index (χ4n) is 2.25. The smallest absolute Gasteiger partial charge is 0.404 e. The minimum absolute atomic E-state index is 0.447. The van der Waals surface area contributed by atoms with Gasteiger partial charge in [-0.3, -0.25) is 0 Å². The molecule has 0 radical (unpaired) electrons. The van der Waals surface area contributed by atoms with Crippen LogP contribution in [0.5, 0.6) is 0 Å². The lowest BCUT2D eigenvalue weighted by atomic mass is 10.3. The normalized spacial score (nSPS) is 11.2. The van der Waals surface area contributed by atoms with Gasteiger partial charge in [0.2, 0.25) is 0 Å². The first-order valence-electron chi connectivity index (χ1n) is 11.6. The lowest BCUT2D eigenvalue weighted by molar-refractivity contribution is -0.0230. The van der Waals surface area contributed by atoms with Crippen LogP contribution in [-0.4, -0.2) is 130 Å². The summed E-state index contributed by atoms with van der Waals surface area (Å²) in [6.07, 6.45) is 0.571. The van der Waals surface area contributed by atoms with E-state index in [2.05, 4.69) is 5.32 Å². The number of rotatable bonds is 28. The van der Waals surface area contributed by atoms with Crippen LogP contribution in [0, 0.1) is 0 Å². The molecule has 0 saturated carbocycles. The van der Waals surface area contributed by atoms with Crippen molar-refractivity contribution < 1.29 is 47.8 Å². The highest BCUT2D eigenvalue weighted by atomic mass is 16.6. The zero-order valence-electron chi connectivity index (χ0n) is 19.8. The van der Waals surface area contributed by atoms with Crippen molar-refractivity contribution in [1.29, 1.82) is 0 Å². The van der Waals surface area contributed by atoms with E-state index in [1.807, 2.05) is 0 Å². The van der Waals surface area contributed by atoms with Crippen LogP contribution in [0.15, 0.2) is 0 Å². The summed E-state index contributed by atoms with van der Waals surface area (Å²) in [7, 11) is 0. The summed E-state index contributed by atoms with van der Waals surface area (Å²) in [6, 6.07) is 0. The van der Waals surface area contributed by atoms with Crippen molar-refractivity contribution in [2.45, 2.75) is 12.8 Å². The van der Waals surface area contributed by atoms with Gasteiger partial charge in [0, 0.05) is 19.7 Å². The van der Waals surface area contributed by atoms with Gasteiger partial charge in [0.05, 0.1) is 99.1 Å². The standard InChI is InChI=1S/C21H44N2O10/c22-3-6-27-8-10-29-12-14-31-16-18-33-20-19-32-17-15-30-13-11-28-9-7-26-5-2-1-4-23-21(24)25/h23H,1-20,22H2,(H,24,25). The van der Waals surface area contributed by atoms with E-state index in [9.17, 15) is 4.79 Å². The number of hydrogen-bond acceptors (Lipinski definition) is 10. The summed E-state index contributed by atoms with van der Waals surface area (Å²) in [4.78, 5) is 10.3. The number of carbonyl (C=O) groups is 1. The molecule has 12 nitrogen and oxygen atoms in total. The number of nitrogens with two attached hydrogens (primary N) is 1. The van der Waals surface area contributed by atoms with Crippen molar-refractivity contribution in [2.75, 3.05) is 119 Å². The van der Waals surface area contributed by atoms with Gasteiger partial charge in [-0.15, -0.1) is 0 Å². The number of unbranched alkanes of at least 4 members (excludes halogenated alkanes) is 1. The second kappa shape index (κ2) is 28.9. The highest BCUT2D eigenvalue weighted by Gasteiger charge is 1.96. The van der Waals surface area contributed by atoms with Gasteiger partial charge in [-0.25, -0.2) is 4.79 Å². The maximum Gasteiger partial charge on any atom is 0.404 e. The highest BCUT2D eigenvalue weighted by Crippen LogP contribution is 1.90. The van der Waals surface area contributed by atoms with E-state index in [-0.39, 0.29) is 0 Å². The third-order valence-electron chi connectivity index (χ3n) is 3.86. The monoisotopic (exact) mass is 484 g/mol. The topological polar surface area (TPSA) is 149 Å². The number of carboxylic acid groups (broad SMARTS) is 1. The van der Waals surface area contributed by atoms with E-state index in [1.54, 1.807) is 0 Å². The maximum atomic E-state index is 10.3. The molecule has 0 aromatic rings. The lowest BCUT2D eigenvalue weighted by Crippen LogP contribution is -2.22. The van der Waals surface area contributed by atoms with Crippen molar-refractivity contribution in [1.82, 2.24) is 5.32 Å². The molecule has 0 bridgehead atoms. The van der Waals surface area contributed by atoms with Crippen LogP contribution < -0.4 is 11.1 Å². The second-order valence-electron chi connectivity index (χ2n) is 6.63. The highest BCUT2D eigenvalue weighted by molar-refractivity contribution is 5.64. The molecule has 0 aliphatic heterocycles. The minimum Gasteiger partial charge on any atom is -0.465 e. The number of nitrogens with one attached hydrogen (secondary N) is 1. The fourth-order valence-corrected chi connectivity index (χ4v) is 2.25. The van der Waals surface area contributed by atoms with Crippen molar-refractivity contribution in [2.24, 2.45) is 5.73 Å². The number of hydrogen-bond donors (Lipinski definition) is 3. The summed E-state index contributed by atoms with van der Waals surface area (Å²) < 4.78 is 42.9. The molecule has 0 heterocycles. The van der Waals surface area contributed by atoms with Gasteiger partial charge < -0.3 is 54.1 Å². The van der Waals surface area contributed by atoms with Gasteiger partial charge in [0.25, 0.3) is 0 Å². The molecule has 0 aromatic carbocycles. The summed E-state index contributed by atoms with van der Waals surface area (Å²) in [5.74, 6) is 0. The van der Waals surface area contributed by atoms with Crippen molar-refractivity contribution in [3.8, 4) is 0 Å². The minimum atomic E-state index is -0.996. The van der Waals surface area contributed by atoms with Crippen molar-refractivity contribution in [3.05, 3.63) is 0 Å². The van der Waals surface area contributed by atoms with Crippen LogP contribution in [0.25, 0.3) is 0 Å². The van der Waals surface area contributed by atoms with Gasteiger partial charge in [-0.2, -0.15) is 0 Å². The molecule has 0 atom stereocenters.